The molecule has 1 fully saturated rings. The predicted octanol–water partition coefficient (Wildman–Crippen LogP) is 2.01. The van der Waals surface area contributed by atoms with Gasteiger partial charge in [-0.05, 0) is 50.4 Å². The molecule has 0 spiro atoms. The second kappa shape index (κ2) is 4.80. The van der Waals surface area contributed by atoms with Gasteiger partial charge in [0.2, 0.25) is 0 Å². The van der Waals surface area contributed by atoms with Crippen LogP contribution in [0.2, 0.25) is 0 Å². The zero-order chi connectivity index (χ0) is 13.5. The lowest BCUT2D eigenvalue weighted by atomic mass is 9.92. The summed E-state index contributed by atoms with van der Waals surface area (Å²) in [6, 6.07) is 6.94. The fraction of sp³-hybridized carbons (Fsp3) is 0.625. The van der Waals surface area contributed by atoms with Gasteiger partial charge in [-0.25, -0.2) is 0 Å². The van der Waals surface area contributed by atoms with Crippen molar-refractivity contribution in [3.63, 3.8) is 0 Å². The van der Waals surface area contributed by atoms with Gasteiger partial charge in [0.1, 0.15) is 5.75 Å². The van der Waals surface area contributed by atoms with E-state index in [1.165, 1.54) is 11.1 Å². The van der Waals surface area contributed by atoms with Crippen LogP contribution in [0.4, 0.5) is 0 Å². The smallest absolute Gasteiger partial charge is 0.122 e. The molecule has 2 unspecified atom stereocenters. The molecule has 0 aromatic heterocycles. The number of β-amino-alcohol motifs (C(OH)–C–C–N with tert-alkyl or cyclic N) is 1. The second-order valence-corrected chi connectivity index (χ2v) is 6.23. The Bertz CT molecular complexity index is 462. The molecule has 104 valence electrons. The van der Waals surface area contributed by atoms with Crippen molar-refractivity contribution in [2.45, 2.75) is 44.2 Å². The van der Waals surface area contributed by atoms with Gasteiger partial charge in [0.15, 0.2) is 0 Å². The summed E-state index contributed by atoms with van der Waals surface area (Å²) in [6.45, 7) is 3.79. The van der Waals surface area contributed by atoms with Crippen LogP contribution in [0.3, 0.4) is 0 Å². The normalized spacial score (nSPS) is 30.4. The van der Waals surface area contributed by atoms with E-state index in [0.29, 0.717) is 6.04 Å². The number of fused-ring (bicyclic) bond motifs is 1. The number of rotatable bonds is 3. The van der Waals surface area contributed by atoms with Gasteiger partial charge in [-0.1, -0.05) is 12.1 Å². The fourth-order valence-corrected chi connectivity index (χ4v) is 3.34. The minimum Gasteiger partial charge on any atom is -0.493 e. The van der Waals surface area contributed by atoms with Gasteiger partial charge in [0.05, 0.1) is 12.2 Å². The number of benzene rings is 1. The minimum absolute atomic E-state index is 0.485. The first-order valence-corrected chi connectivity index (χ1v) is 7.23. The summed E-state index contributed by atoms with van der Waals surface area (Å²) in [5, 5.41) is 10.6. The predicted molar refractivity (Wildman–Crippen MR) is 75.6 cm³/mol. The summed E-state index contributed by atoms with van der Waals surface area (Å²) in [4.78, 5) is 2.25. The quantitative estimate of drug-likeness (QED) is 0.903. The van der Waals surface area contributed by atoms with Crippen LogP contribution >= 0.6 is 0 Å². The third kappa shape index (κ3) is 2.63. The average molecular weight is 261 g/mol. The molecule has 1 saturated heterocycles. The lowest BCUT2D eigenvalue weighted by Crippen LogP contribution is -2.32. The van der Waals surface area contributed by atoms with Crippen molar-refractivity contribution < 1.29 is 9.84 Å². The van der Waals surface area contributed by atoms with Gasteiger partial charge in [-0.15, -0.1) is 0 Å². The zero-order valence-corrected chi connectivity index (χ0v) is 11.9. The molecule has 2 aliphatic heterocycles. The van der Waals surface area contributed by atoms with Crippen LogP contribution in [0.5, 0.6) is 5.75 Å². The molecular weight excluding hydrogens is 238 g/mol. The van der Waals surface area contributed by atoms with Crippen molar-refractivity contribution in [2.75, 3.05) is 20.2 Å². The van der Waals surface area contributed by atoms with E-state index in [2.05, 4.69) is 37.1 Å². The van der Waals surface area contributed by atoms with Gasteiger partial charge in [0, 0.05) is 19.0 Å². The number of nitrogens with zero attached hydrogens (tertiary/aromatic N) is 1. The summed E-state index contributed by atoms with van der Waals surface area (Å²) in [5.41, 5.74) is 2.13. The molecule has 1 aromatic rings. The molecule has 1 aromatic carbocycles. The summed E-state index contributed by atoms with van der Waals surface area (Å²) in [5.74, 6) is 1.04. The number of aryl methyl sites for hydroxylation is 1. The monoisotopic (exact) mass is 261 g/mol. The first-order valence-electron chi connectivity index (χ1n) is 7.23. The molecule has 0 amide bonds. The highest BCUT2D eigenvalue weighted by atomic mass is 16.5. The van der Waals surface area contributed by atoms with E-state index < -0.39 is 5.60 Å². The van der Waals surface area contributed by atoms with Crippen LogP contribution in [0.25, 0.3) is 0 Å². The molecular formula is C16H23NO2. The van der Waals surface area contributed by atoms with Crippen LogP contribution in [0.15, 0.2) is 18.2 Å². The molecule has 2 aliphatic rings. The van der Waals surface area contributed by atoms with E-state index >= 15 is 0 Å². The second-order valence-electron chi connectivity index (χ2n) is 6.23. The van der Waals surface area contributed by atoms with Crippen LogP contribution in [-0.2, 0) is 12.8 Å². The molecule has 0 aliphatic carbocycles. The lowest BCUT2D eigenvalue weighted by Gasteiger charge is -2.22. The Kier molecular flexibility index (Phi) is 3.27. The van der Waals surface area contributed by atoms with E-state index in [-0.39, 0.29) is 0 Å². The standard InChI is InChI=1S/C16H23NO2/c1-12-10-16(18,11-17(12)2)7-5-13-3-4-15-14(9-13)6-8-19-15/h3-4,9,12,18H,5-8,10-11H2,1-2H3. The van der Waals surface area contributed by atoms with Gasteiger partial charge < -0.3 is 14.7 Å². The van der Waals surface area contributed by atoms with Crippen LogP contribution in [-0.4, -0.2) is 41.8 Å². The topological polar surface area (TPSA) is 32.7 Å². The number of aliphatic hydroxyl groups is 1. The van der Waals surface area contributed by atoms with Crippen molar-refractivity contribution in [2.24, 2.45) is 0 Å². The first-order chi connectivity index (χ1) is 9.06. The lowest BCUT2D eigenvalue weighted by molar-refractivity contribution is 0.0431. The van der Waals surface area contributed by atoms with Crippen LogP contribution in [0, 0.1) is 0 Å². The van der Waals surface area contributed by atoms with Crippen molar-refractivity contribution in [3.05, 3.63) is 29.3 Å². The van der Waals surface area contributed by atoms with Gasteiger partial charge in [-0.3, -0.25) is 0 Å². The molecule has 3 heteroatoms. The Hall–Kier alpha value is -1.06. The van der Waals surface area contributed by atoms with Gasteiger partial charge >= 0.3 is 0 Å². The SMILES string of the molecule is CC1CC(O)(CCc2ccc3c(c2)CCO3)CN1C. The molecule has 0 radical (unpaired) electrons. The van der Waals surface area contributed by atoms with Crippen LogP contribution < -0.4 is 4.74 Å². The third-order valence-electron chi connectivity index (χ3n) is 4.60. The Morgan fingerprint density at radius 3 is 3.05 bits per heavy atom. The average Bonchev–Trinajstić information content (AvgIpc) is 2.92. The van der Waals surface area contributed by atoms with Crippen molar-refractivity contribution in [1.29, 1.82) is 0 Å². The maximum atomic E-state index is 10.6. The van der Waals surface area contributed by atoms with E-state index in [1.807, 2.05) is 0 Å². The molecule has 3 nitrogen and oxygen atoms in total. The molecule has 0 saturated carbocycles. The zero-order valence-electron chi connectivity index (χ0n) is 11.9. The largest absolute Gasteiger partial charge is 0.493 e. The highest BCUT2D eigenvalue weighted by Gasteiger charge is 2.38. The number of likely N-dealkylation sites (N-methyl/N-ethyl adjacent to an activating group) is 1. The Labute approximate surface area is 115 Å². The molecule has 2 heterocycles. The van der Waals surface area contributed by atoms with Crippen LogP contribution in [0.1, 0.15) is 30.9 Å². The molecule has 2 atom stereocenters. The van der Waals surface area contributed by atoms with Crippen molar-refractivity contribution in [1.82, 2.24) is 4.90 Å². The Morgan fingerprint density at radius 1 is 1.47 bits per heavy atom. The summed E-state index contributed by atoms with van der Waals surface area (Å²) >= 11 is 0. The molecule has 0 bridgehead atoms. The summed E-state index contributed by atoms with van der Waals surface area (Å²) < 4.78 is 5.52. The molecule has 1 N–H and O–H groups in total. The van der Waals surface area contributed by atoms with E-state index in [0.717, 1.165) is 44.6 Å². The first kappa shape index (κ1) is 12.9. The number of likely N-dealkylation sites (tertiary alicyclic amines) is 1. The highest BCUT2D eigenvalue weighted by molar-refractivity contribution is 5.39. The number of hydrogen-bond acceptors (Lipinski definition) is 3. The summed E-state index contributed by atoms with van der Waals surface area (Å²) in [7, 11) is 2.09. The maximum absolute atomic E-state index is 10.6. The van der Waals surface area contributed by atoms with E-state index in [4.69, 9.17) is 4.74 Å². The fourth-order valence-electron chi connectivity index (χ4n) is 3.34. The minimum atomic E-state index is -0.510. The molecule has 19 heavy (non-hydrogen) atoms. The van der Waals surface area contributed by atoms with Crippen molar-refractivity contribution >= 4 is 0 Å². The van der Waals surface area contributed by atoms with E-state index in [1.54, 1.807) is 0 Å². The van der Waals surface area contributed by atoms with Crippen molar-refractivity contribution in [3.8, 4) is 5.75 Å². The Balaban J connectivity index is 1.63. The van der Waals surface area contributed by atoms with Gasteiger partial charge in [0.25, 0.3) is 0 Å². The third-order valence-corrected chi connectivity index (χ3v) is 4.60. The number of hydrogen-bond donors (Lipinski definition) is 1. The maximum Gasteiger partial charge on any atom is 0.122 e. The van der Waals surface area contributed by atoms with Gasteiger partial charge in [-0.2, -0.15) is 0 Å². The summed E-state index contributed by atoms with van der Waals surface area (Å²) in [6.07, 6.45) is 3.70. The van der Waals surface area contributed by atoms with E-state index in [9.17, 15) is 5.11 Å². The molecule has 3 rings (SSSR count). The Morgan fingerprint density at radius 2 is 2.32 bits per heavy atom. The highest BCUT2D eigenvalue weighted by Crippen LogP contribution is 2.31. The number of ether oxygens (including phenoxy) is 1.